The minimum atomic E-state index is 0.0726. The predicted octanol–water partition coefficient (Wildman–Crippen LogP) is 4.06. The van der Waals surface area contributed by atoms with Crippen molar-refractivity contribution in [2.24, 2.45) is 0 Å². The molecule has 6 heteroatoms. The van der Waals surface area contributed by atoms with Gasteiger partial charge >= 0.3 is 0 Å². The van der Waals surface area contributed by atoms with Crippen molar-refractivity contribution in [1.29, 1.82) is 0 Å². The van der Waals surface area contributed by atoms with E-state index in [1.807, 2.05) is 41.6 Å². The number of nitrogens with zero attached hydrogens (tertiary/aromatic N) is 2. The van der Waals surface area contributed by atoms with Crippen molar-refractivity contribution in [3.63, 3.8) is 0 Å². The Balaban J connectivity index is 1.46. The molecule has 2 fully saturated rings. The number of anilines is 1. The van der Waals surface area contributed by atoms with Gasteiger partial charge in [0.2, 0.25) is 0 Å². The maximum Gasteiger partial charge on any atom is 0.254 e. The number of aromatic amines is 1. The zero-order valence-corrected chi connectivity index (χ0v) is 16.5. The quantitative estimate of drug-likeness (QED) is 0.705. The number of carbonyl (C=O) groups excluding carboxylic acids is 1. The Kier molecular flexibility index (Phi) is 4.94. The van der Waals surface area contributed by atoms with E-state index >= 15 is 0 Å². The Morgan fingerprint density at radius 1 is 1.10 bits per heavy atom. The second kappa shape index (κ2) is 7.87. The highest BCUT2D eigenvalue weighted by molar-refractivity contribution is 5.99. The van der Waals surface area contributed by atoms with Crippen LogP contribution in [0.25, 0.3) is 22.2 Å². The van der Waals surface area contributed by atoms with Crippen LogP contribution in [0.15, 0.2) is 42.7 Å². The van der Waals surface area contributed by atoms with Gasteiger partial charge in [0.25, 0.3) is 5.91 Å². The zero-order valence-electron chi connectivity index (χ0n) is 16.5. The van der Waals surface area contributed by atoms with E-state index in [0.717, 1.165) is 33.4 Å². The minimum Gasteiger partial charge on any atom is -0.381 e. The first-order chi connectivity index (χ1) is 14.3. The van der Waals surface area contributed by atoms with Crippen molar-refractivity contribution >= 4 is 22.6 Å². The number of pyridine rings is 1. The second-order valence-electron chi connectivity index (χ2n) is 7.89. The lowest BCUT2D eigenvalue weighted by Crippen LogP contribution is -2.40. The van der Waals surface area contributed by atoms with E-state index in [9.17, 15) is 4.79 Å². The molecule has 29 heavy (non-hydrogen) atoms. The second-order valence-corrected chi connectivity index (χ2v) is 7.89. The molecule has 1 aliphatic heterocycles. The van der Waals surface area contributed by atoms with Crippen molar-refractivity contribution < 1.29 is 9.53 Å². The summed E-state index contributed by atoms with van der Waals surface area (Å²) in [6.45, 7) is 2.54. The summed E-state index contributed by atoms with van der Waals surface area (Å²) < 4.78 is 5.35. The third-order valence-electron chi connectivity index (χ3n) is 6.03. The van der Waals surface area contributed by atoms with Gasteiger partial charge < -0.3 is 19.9 Å². The number of H-pyrrole nitrogens is 1. The largest absolute Gasteiger partial charge is 0.381 e. The van der Waals surface area contributed by atoms with E-state index < -0.39 is 0 Å². The van der Waals surface area contributed by atoms with Gasteiger partial charge in [-0.1, -0.05) is 25.0 Å². The number of aromatic nitrogens is 2. The van der Waals surface area contributed by atoms with Crippen LogP contribution in [0.1, 0.15) is 36.0 Å². The standard InChI is InChI=1S/C23H26N4O2/c28-23(27-11-13-29-14-12-27)17-7-5-16(6-8-17)20-15-25-22-19(9-10-24-22)21(20)26-18-3-1-2-4-18/h5-10,15,18H,1-4,11-14H2,(H2,24,25,26). The highest BCUT2D eigenvalue weighted by Gasteiger charge is 2.21. The summed E-state index contributed by atoms with van der Waals surface area (Å²) >= 11 is 0. The minimum absolute atomic E-state index is 0.0726. The highest BCUT2D eigenvalue weighted by Crippen LogP contribution is 2.35. The Labute approximate surface area is 170 Å². The van der Waals surface area contributed by atoms with Gasteiger partial charge in [-0.25, -0.2) is 4.98 Å². The normalized spacial score (nSPS) is 17.7. The van der Waals surface area contributed by atoms with Gasteiger partial charge in [-0.3, -0.25) is 4.79 Å². The molecule has 0 radical (unpaired) electrons. The molecular formula is C23H26N4O2. The summed E-state index contributed by atoms with van der Waals surface area (Å²) in [4.78, 5) is 22.4. The molecule has 2 aromatic heterocycles. The van der Waals surface area contributed by atoms with Crippen LogP contribution in [-0.2, 0) is 4.74 Å². The summed E-state index contributed by atoms with van der Waals surface area (Å²) in [5, 5.41) is 4.89. The first-order valence-corrected chi connectivity index (χ1v) is 10.5. The molecule has 0 unspecified atom stereocenters. The third-order valence-corrected chi connectivity index (χ3v) is 6.03. The van der Waals surface area contributed by atoms with Crippen LogP contribution >= 0.6 is 0 Å². The fourth-order valence-corrected chi connectivity index (χ4v) is 4.40. The van der Waals surface area contributed by atoms with Gasteiger partial charge in [0.15, 0.2) is 0 Å². The van der Waals surface area contributed by atoms with Crippen molar-refractivity contribution in [2.75, 3.05) is 31.6 Å². The monoisotopic (exact) mass is 390 g/mol. The first kappa shape index (κ1) is 18.2. The van der Waals surface area contributed by atoms with Gasteiger partial charge in [-0.2, -0.15) is 0 Å². The number of nitrogens with one attached hydrogen (secondary N) is 2. The molecular weight excluding hydrogens is 364 g/mol. The summed E-state index contributed by atoms with van der Waals surface area (Å²) in [6, 6.07) is 10.5. The maximum atomic E-state index is 12.7. The molecule has 1 aromatic carbocycles. The maximum absolute atomic E-state index is 12.7. The van der Waals surface area contributed by atoms with E-state index in [0.29, 0.717) is 32.3 Å². The Hall–Kier alpha value is -2.86. The number of amides is 1. The van der Waals surface area contributed by atoms with E-state index in [1.54, 1.807) is 0 Å². The molecule has 3 heterocycles. The molecule has 6 nitrogen and oxygen atoms in total. The lowest BCUT2D eigenvalue weighted by molar-refractivity contribution is 0.0303. The molecule has 1 saturated heterocycles. The zero-order chi connectivity index (χ0) is 19.6. The molecule has 0 bridgehead atoms. The average Bonchev–Trinajstić information content (AvgIpc) is 3.46. The topological polar surface area (TPSA) is 70.2 Å². The fourth-order valence-electron chi connectivity index (χ4n) is 4.40. The number of benzene rings is 1. The molecule has 1 saturated carbocycles. The predicted molar refractivity (Wildman–Crippen MR) is 114 cm³/mol. The molecule has 0 atom stereocenters. The summed E-state index contributed by atoms with van der Waals surface area (Å²) in [7, 11) is 0. The van der Waals surface area contributed by atoms with Crippen LogP contribution in [0, 0.1) is 0 Å². The third kappa shape index (κ3) is 3.60. The Morgan fingerprint density at radius 2 is 1.86 bits per heavy atom. The number of carbonyl (C=O) groups is 1. The number of hydrogen-bond acceptors (Lipinski definition) is 4. The summed E-state index contributed by atoms with van der Waals surface area (Å²) in [5.74, 6) is 0.0726. The molecule has 0 spiro atoms. The lowest BCUT2D eigenvalue weighted by atomic mass is 10.0. The molecule has 2 N–H and O–H groups in total. The lowest BCUT2D eigenvalue weighted by Gasteiger charge is -2.27. The van der Waals surface area contributed by atoms with Gasteiger partial charge in [-0.05, 0) is 36.6 Å². The fraction of sp³-hybridized carbons (Fsp3) is 0.391. The van der Waals surface area contributed by atoms with Crippen molar-refractivity contribution in [3.05, 3.63) is 48.3 Å². The van der Waals surface area contributed by atoms with Gasteiger partial charge in [0.05, 0.1) is 18.9 Å². The van der Waals surface area contributed by atoms with Crippen LogP contribution in [0.2, 0.25) is 0 Å². The first-order valence-electron chi connectivity index (χ1n) is 10.5. The number of fused-ring (bicyclic) bond motifs is 1. The number of rotatable bonds is 4. The molecule has 1 amide bonds. The van der Waals surface area contributed by atoms with Gasteiger partial charge in [-0.15, -0.1) is 0 Å². The molecule has 150 valence electrons. The Morgan fingerprint density at radius 3 is 2.62 bits per heavy atom. The van der Waals surface area contributed by atoms with Crippen molar-refractivity contribution in [2.45, 2.75) is 31.7 Å². The molecule has 2 aliphatic rings. The van der Waals surface area contributed by atoms with Crippen molar-refractivity contribution in [1.82, 2.24) is 14.9 Å². The van der Waals surface area contributed by atoms with E-state index in [2.05, 4.69) is 21.4 Å². The van der Waals surface area contributed by atoms with Crippen LogP contribution in [-0.4, -0.2) is 53.1 Å². The highest BCUT2D eigenvalue weighted by atomic mass is 16.5. The smallest absolute Gasteiger partial charge is 0.254 e. The summed E-state index contributed by atoms with van der Waals surface area (Å²) in [6.07, 6.45) is 8.85. The van der Waals surface area contributed by atoms with Crippen LogP contribution in [0.4, 0.5) is 5.69 Å². The molecule has 5 rings (SSSR count). The van der Waals surface area contributed by atoms with Gasteiger partial charge in [0, 0.05) is 48.0 Å². The van der Waals surface area contributed by atoms with Gasteiger partial charge in [0.1, 0.15) is 5.65 Å². The van der Waals surface area contributed by atoms with E-state index in [-0.39, 0.29) is 5.91 Å². The number of hydrogen-bond donors (Lipinski definition) is 2. The number of morpholine rings is 1. The number of ether oxygens (including phenoxy) is 1. The molecule has 1 aliphatic carbocycles. The SMILES string of the molecule is O=C(c1ccc(-c2cnc3[nH]ccc3c2NC2CCCC2)cc1)N1CCOCC1. The van der Waals surface area contributed by atoms with E-state index in [4.69, 9.17) is 4.74 Å². The van der Waals surface area contributed by atoms with Crippen LogP contribution in [0.3, 0.4) is 0 Å². The van der Waals surface area contributed by atoms with Crippen molar-refractivity contribution in [3.8, 4) is 11.1 Å². The Bertz CT molecular complexity index is 999. The van der Waals surface area contributed by atoms with Crippen LogP contribution in [0.5, 0.6) is 0 Å². The average molecular weight is 390 g/mol. The van der Waals surface area contributed by atoms with E-state index in [1.165, 1.54) is 25.7 Å². The van der Waals surface area contributed by atoms with Crippen LogP contribution < -0.4 is 5.32 Å². The molecule has 3 aromatic rings. The summed E-state index contributed by atoms with van der Waals surface area (Å²) in [5.41, 5.74) is 4.90.